The predicted octanol–water partition coefficient (Wildman–Crippen LogP) is 3.23. The molecule has 2 aromatic heterocycles. The van der Waals surface area contributed by atoms with Gasteiger partial charge in [0.15, 0.2) is 17.4 Å². The van der Waals surface area contributed by atoms with Gasteiger partial charge in [0.25, 0.3) is 5.91 Å². The number of nitrogens with one attached hydrogen (secondary N) is 2. The fraction of sp³-hybridized carbons (Fsp3) is 0.381. The van der Waals surface area contributed by atoms with E-state index in [1.165, 1.54) is 10.3 Å². The van der Waals surface area contributed by atoms with Crippen molar-refractivity contribution in [2.75, 3.05) is 19.4 Å². The molecule has 12 heteroatoms. The van der Waals surface area contributed by atoms with E-state index in [1.54, 1.807) is 33.2 Å². The average Bonchev–Trinajstić information content (AvgIpc) is 3.38. The molecule has 1 aliphatic rings. The third-order valence-electron chi connectivity index (χ3n) is 3.47. The minimum atomic E-state index is -3.94. The molecule has 0 bridgehead atoms. The molecule has 0 atom stereocenters. The molecule has 180 valence electrons. The molecule has 1 amide bonds. The van der Waals surface area contributed by atoms with Crippen molar-refractivity contribution in [3.8, 4) is 18.6 Å². The van der Waals surface area contributed by atoms with Crippen LogP contribution in [-0.2, 0) is 16.8 Å². The van der Waals surface area contributed by atoms with Crippen LogP contribution in [0, 0.1) is 25.7 Å². The molecule has 0 unspecified atom stereocenters. The van der Waals surface area contributed by atoms with E-state index in [-0.39, 0.29) is 40.4 Å². The highest BCUT2D eigenvalue weighted by Crippen LogP contribution is 2.35. The number of furan rings is 1. The molecule has 3 N–H and O–H groups in total. The van der Waals surface area contributed by atoms with E-state index in [0.717, 1.165) is 17.3 Å². The zero-order valence-electron chi connectivity index (χ0n) is 19.4. The molecule has 3 heterocycles. The summed E-state index contributed by atoms with van der Waals surface area (Å²) in [4.78, 5) is 17.6. The number of carbonyl (C=O) groups excluding carboxylic acids is 1. The van der Waals surface area contributed by atoms with Crippen LogP contribution < -0.4 is 10.0 Å². The van der Waals surface area contributed by atoms with Crippen LogP contribution in [0.25, 0.3) is 0 Å². The molecule has 3 rings (SSSR count). The molecule has 10 nitrogen and oxygen atoms in total. The molecular formula is C21H29N5O5S2. The molecule has 2 aromatic rings. The SMILES string of the molecule is C#C.CC(C)C.Cc1ccc(CN=C2NS(=O)(=O)N=C2Nc2csc(C(=O)N(C)C)c2O)o1. The highest BCUT2D eigenvalue weighted by Gasteiger charge is 2.28. The Kier molecular flexibility index (Phi) is 10.2. The first-order valence-corrected chi connectivity index (χ1v) is 12.1. The summed E-state index contributed by atoms with van der Waals surface area (Å²) in [6.45, 7) is 8.39. The van der Waals surface area contributed by atoms with Crippen LogP contribution >= 0.6 is 11.3 Å². The molecule has 1 aliphatic heterocycles. The summed E-state index contributed by atoms with van der Waals surface area (Å²) in [5, 5.41) is 14.5. The van der Waals surface area contributed by atoms with E-state index in [0.29, 0.717) is 11.5 Å². The first-order chi connectivity index (χ1) is 15.4. The number of thiophene rings is 1. The topological polar surface area (TPSA) is 137 Å². The molecule has 0 aliphatic carbocycles. The summed E-state index contributed by atoms with van der Waals surface area (Å²) in [7, 11) is -0.814. The normalized spacial score (nSPS) is 14.9. The monoisotopic (exact) mass is 495 g/mol. The largest absolute Gasteiger partial charge is 0.504 e. The summed E-state index contributed by atoms with van der Waals surface area (Å²) in [6.07, 6.45) is 8.00. The number of hydrogen-bond donors (Lipinski definition) is 3. The molecule has 0 radical (unpaired) electrons. The Morgan fingerprint density at radius 2 is 1.94 bits per heavy atom. The van der Waals surface area contributed by atoms with Crippen molar-refractivity contribution in [1.29, 1.82) is 0 Å². The number of aromatic hydroxyl groups is 1. The van der Waals surface area contributed by atoms with Crippen LogP contribution in [0.2, 0.25) is 0 Å². The van der Waals surface area contributed by atoms with Crippen molar-refractivity contribution in [1.82, 2.24) is 9.62 Å². The zero-order valence-corrected chi connectivity index (χ0v) is 21.0. The van der Waals surface area contributed by atoms with Gasteiger partial charge in [0.05, 0.1) is 12.2 Å². The molecule has 0 spiro atoms. The lowest BCUT2D eigenvalue weighted by Crippen LogP contribution is -2.30. The Labute approximate surface area is 198 Å². The van der Waals surface area contributed by atoms with Gasteiger partial charge in [-0.2, -0.15) is 8.42 Å². The Hall–Kier alpha value is -3.30. The first-order valence-electron chi connectivity index (χ1n) is 9.75. The van der Waals surface area contributed by atoms with Gasteiger partial charge in [-0.15, -0.1) is 28.6 Å². The molecular weight excluding hydrogens is 466 g/mol. The average molecular weight is 496 g/mol. The second-order valence-electron chi connectivity index (χ2n) is 7.58. The van der Waals surface area contributed by atoms with Gasteiger partial charge in [-0.3, -0.25) is 9.79 Å². The number of rotatable bonds is 4. The second kappa shape index (κ2) is 12.1. The van der Waals surface area contributed by atoms with E-state index in [2.05, 4.69) is 53.0 Å². The van der Waals surface area contributed by atoms with Crippen LogP contribution in [0.1, 0.15) is 42.0 Å². The summed E-state index contributed by atoms with van der Waals surface area (Å²) in [5.74, 6) is 1.34. The van der Waals surface area contributed by atoms with Crippen molar-refractivity contribution in [3.63, 3.8) is 0 Å². The van der Waals surface area contributed by atoms with E-state index in [1.807, 2.05) is 0 Å². The molecule has 0 saturated carbocycles. The van der Waals surface area contributed by atoms with Crippen LogP contribution in [0.5, 0.6) is 5.75 Å². The van der Waals surface area contributed by atoms with Crippen LogP contribution in [0.3, 0.4) is 0 Å². The number of terminal acetylenes is 1. The predicted molar refractivity (Wildman–Crippen MR) is 132 cm³/mol. The Morgan fingerprint density at radius 1 is 1.33 bits per heavy atom. The molecule has 0 aromatic carbocycles. The smallest absolute Gasteiger partial charge is 0.345 e. The third-order valence-corrected chi connectivity index (χ3v) is 5.30. The number of anilines is 1. The number of aliphatic imine (C=N–C) groups is 1. The lowest BCUT2D eigenvalue weighted by atomic mass is 10.3. The Morgan fingerprint density at radius 3 is 2.45 bits per heavy atom. The third kappa shape index (κ3) is 8.28. The number of amidine groups is 2. The van der Waals surface area contributed by atoms with Crippen LogP contribution in [0.4, 0.5) is 5.69 Å². The number of nitrogens with zero attached hydrogens (tertiary/aromatic N) is 3. The van der Waals surface area contributed by atoms with Gasteiger partial charge in [0.2, 0.25) is 0 Å². The van der Waals surface area contributed by atoms with Crippen molar-refractivity contribution >= 4 is 44.8 Å². The summed E-state index contributed by atoms with van der Waals surface area (Å²) in [5.41, 5.74) is 0.157. The maximum absolute atomic E-state index is 12.0. The van der Waals surface area contributed by atoms with E-state index < -0.39 is 10.2 Å². The maximum atomic E-state index is 12.0. The van der Waals surface area contributed by atoms with Gasteiger partial charge in [-0.05, 0) is 25.0 Å². The zero-order chi connectivity index (χ0) is 25.3. The Balaban J connectivity index is 0.000000820. The maximum Gasteiger partial charge on any atom is 0.345 e. The standard InChI is InChI=1S/C15H17N5O5S2.C4H10.C2H2/c1-8-4-5-9(25-8)6-16-13-14(19-27(23,24)18-13)17-10-7-26-12(11(10)21)15(22)20(2)3;1-4(2)3;1-2/h4-5,7,21H,6H2,1-3H3,(H,16,18)(H,17,19);4H,1-3H3;1-2H. The lowest BCUT2D eigenvalue weighted by molar-refractivity contribution is 0.0829. The van der Waals surface area contributed by atoms with Crippen LogP contribution in [-0.4, -0.2) is 50.1 Å². The van der Waals surface area contributed by atoms with Crippen molar-refractivity contribution in [2.45, 2.75) is 34.2 Å². The van der Waals surface area contributed by atoms with E-state index >= 15 is 0 Å². The van der Waals surface area contributed by atoms with E-state index in [9.17, 15) is 18.3 Å². The van der Waals surface area contributed by atoms with Gasteiger partial charge in [-0.1, -0.05) is 20.8 Å². The van der Waals surface area contributed by atoms with Gasteiger partial charge >= 0.3 is 10.2 Å². The second-order valence-corrected chi connectivity index (χ2v) is 9.79. The number of hydrogen-bond acceptors (Lipinski definition) is 8. The van der Waals surface area contributed by atoms with Crippen molar-refractivity contribution < 1.29 is 22.7 Å². The summed E-state index contributed by atoms with van der Waals surface area (Å²) < 4.78 is 34.7. The van der Waals surface area contributed by atoms with Gasteiger partial charge in [0, 0.05) is 19.5 Å². The lowest BCUT2D eigenvalue weighted by Gasteiger charge is -2.09. The van der Waals surface area contributed by atoms with Gasteiger partial charge < -0.3 is 19.7 Å². The molecule has 33 heavy (non-hydrogen) atoms. The quantitative estimate of drug-likeness (QED) is 0.557. The van der Waals surface area contributed by atoms with E-state index in [4.69, 9.17) is 4.42 Å². The first kappa shape index (κ1) is 27.7. The summed E-state index contributed by atoms with van der Waals surface area (Å²) >= 11 is 1.03. The Bertz CT molecular complexity index is 1140. The van der Waals surface area contributed by atoms with Crippen molar-refractivity contribution in [2.24, 2.45) is 15.3 Å². The summed E-state index contributed by atoms with van der Waals surface area (Å²) in [6, 6.07) is 3.51. The number of amides is 1. The van der Waals surface area contributed by atoms with Crippen molar-refractivity contribution in [3.05, 3.63) is 33.9 Å². The highest BCUT2D eigenvalue weighted by molar-refractivity contribution is 7.89. The molecule has 0 fully saturated rings. The number of aryl methyl sites for hydroxylation is 1. The number of carbonyl (C=O) groups is 1. The van der Waals surface area contributed by atoms with Gasteiger partial charge in [-0.25, -0.2) is 4.72 Å². The van der Waals surface area contributed by atoms with Crippen LogP contribution in [0.15, 0.2) is 31.3 Å². The molecule has 0 saturated heterocycles. The fourth-order valence-electron chi connectivity index (χ4n) is 2.20. The van der Waals surface area contributed by atoms with Gasteiger partial charge in [0.1, 0.15) is 16.4 Å². The minimum absolute atomic E-state index is 0.0184. The highest BCUT2D eigenvalue weighted by atomic mass is 32.2. The fourth-order valence-corrected chi connectivity index (χ4v) is 3.93. The minimum Gasteiger partial charge on any atom is -0.504 e.